The molecule has 0 fully saturated rings. The van der Waals surface area contributed by atoms with Crippen LogP contribution in [0.25, 0.3) is 11.0 Å². The van der Waals surface area contributed by atoms with E-state index >= 15 is 0 Å². The van der Waals surface area contributed by atoms with E-state index in [1.54, 1.807) is 11.3 Å². The van der Waals surface area contributed by atoms with Gasteiger partial charge < -0.3 is 9.73 Å². The molecule has 0 unspecified atom stereocenters. The molecule has 1 aromatic carbocycles. The Kier molecular flexibility index (Phi) is 2.90. The van der Waals surface area contributed by atoms with E-state index in [0.717, 1.165) is 29.8 Å². The zero-order valence-electron chi connectivity index (χ0n) is 9.22. The Morgan fingerprint density at radius 2 is 2.18 bits per heavy atom. The number of para-hydroxylation sites is 1. The van der Waals surface area contributed by atoms with Gasteiger partial charge in [-0.1, -0.05) is 18.2 Å². The van der Waals surface area contributed by atoms with Gasteiger partial charge in [-0.05, 0) is 12.1 Å². The van der Waals surface area contributed by atoms with Gasteiger partial charge in [-0.2, -0.15) is 0 Å². The van der Waals surface area contributed by atoms with Crippen molar-refractivity contribution in [2.24, 2.45) is 0 Å². The fourth-order valence-corrected chi connectivity index (χ4v) is 2.33. The maximum absolute atomic E-state index is 5.71. The quantitative estimate of drug-likeness (QED) is 0.766. The SMILES string of the molecule is c1ccc2oc(CNCc3cncs3)cc2c1. The first-order chi connectivity index (χ1) is 8.42. The first-order valence-corrected chi connectivity index (χ1v) is 6.35. The van der Waals surface area contributed by atoms with Crippen LogP contribution in [-0.4, -0.2) is 4.98 Å². The van der Waals surface area contributed by atoms with Crippen molar-refractivity contribution in [3.8, 4) is 0 Å². The van der Waals surface area contributed by atoms with Crippen molar-refractivity contribution in [3.05, 3.63) is 52.7 Å². The molecule has 0 saturated heterocycles. The molecule has 3 nitrogen and oxygen atoms in total. The van der Waals surface area contributed by atoms with Gasteiger partial charge in [0.05, 0.1) is 12.1 Å². The molecule has 3 rings (SSSR count). The van der Waals surface area contributed by atoms with Gasteiger partial charge in [-0.3, -0.25) is 4.98 Å². The highest BCUT2D eigenvalue weighted by Crippen LogP contribution is 2.18. The summed E-state index contributed by atoms with van der Waals surface area (Å²) in [4.78, 5) is 5.27. The summed E-state index contributed by atoms with van der Waals surface area (Å²) in [5.74, 6) is 0.968. The number of aromatic nitrogens is 1. The smallest absolute Gasteiger partial charge is 0.134 e. The minimum atomic E-state index is 0.743. The lowest BCUT2D eigenvalue weighted by atomic mass is 10.2. The molecule has 0 radical (unpaired) electrons. The molecule has 0 amide bonds. The van der Waals surface area contributed by atoms with Gasteiger partial charge in [0.2, 0.25) is 0 Å². The van der Waals surface area contributed by atoms with Crippen molar-refractivity contribution in [1.82, 2.24) is 10.3 Å². The van der Waals surface area contributed by atoms with Crippen LogP contribution in [-0.2, 0) is 13.1 Å². The molecule has 0 aliphatic rings. The Morgan fingerprint density at radius 3 is 3.00 bits per heavy atom. The van der Waals surface area contributed by atoms with E-state index in [-0.39, 0.29) is 0 Å². The van der Waals surface area contributed by atoms with Crippen molar-refractivity contribution in [1.29, 1.82) is 0 Å². The summed E-state index contributed by atoms with van der Waals surface area (Å²) in [6.45, 7) is 1.58. The first-order valence-electron chi connectivity index (χ1n) is 5.47. The van der Waals surface area contributed by atoms with Crippen LogP contribution in [0.1, 0.15) is 10.6 Å². The van der Waals surface area contributed by atoms with Gasteiger partial charge in [0.25, 0.3) is 0 Å². The van der Waals surface area contributed by atoms with E-state index in [9.17, 15) is 0 Å². The van der Waals surface area contributed by atoms with Crippen LogP contribution < -0.4 is 5.32 Å². The average molecular weight is 244 g/mol. The Hall–Kier alpha value is -1.65. The second-order valence-electron chi connectivity index (χ2n) is 3.82. The number of furan rings is 1. The second-order valence-corrected chi connectivity index (χ2v) is 4.79. The van der Waals surface area contributed by atoms with Crippen molar-refractivity contribution in [2.45, 2.75) is 13.1 Å². The monoisotopic (exact) mass is 244 g/mol. The molecule has 2 aromatic heterocycles. The number of fused-ring (bicyclic) bond motifs is 1. The molecule has 17 heavy (non-hydrogen) atoms. The van der Waals surface area contributed by atoms with E-state index in [1.807, 2.05) is 29.9 Å². The van der Waals surface area contributed by atoms with Crippen LogP contribution in [0.3, 0.4) is 0 Å². The van der Waals surface area contributed by atoms with Gasteiger partial charge in [0.1, 0.15) is 11.3 Å². The predicted octanol–water partition coefficient (Wildman–Crippen LogP) is 3.18. The minimum absolute atomic E-state index is 0.743. The molecule has 4 heteroatoms. The van der Waals surface area contributed by atoms with Crippen molar-refractivity contribution >= 4 is 22.3 Å². The van der Waals surface area contributed by atoms with E-state index in [4.69, 9.17) is 4.42 Å². The number of benzene rings is 1. The number of hydrogen-bond donors (Lipinski definition) is 1. The van der Waals surface area contributed by atoms with Crippen LogP contribution in [0.15, 0.2) is 46.5 Å². The molecule has 0 spiro atoms. The van der Waals surface area contributed by atoms with E-state index in [1.165, 1.54) is 4.88 Å². The van der Waals surface area contributed by atoms with Gasteiger partial charge in [0, 0.05) is 23.0 Å². The maximum atomic E-state index is 5.71. The minimum Gasteiger partial charge on any atom is -0.460 e. The van der Waals surface area contributed by atoms with Gasteiger partial charge >= 0.3 is 0 Å². The zero-order chi connectivity index (χ0) is 11.5. The van der Waals surface area contributed by atoms with E-state index in [0.29, 0.717) is 0 Å². The molecule has 86 valence electrons. The van der Waals surface area contributed by atoms with Gasteiger partial charge in [-0.25, -0.2) is 0 Å². The summed E-state index contributed by atoms with van der Waals surface area (Å²) >= 11 is 1.66. The summed E-state index contributed by atoms with van der Waals surface area (Å²) in [6, 6.07) is 10.1. The zero-order valence-corrected chi connectivity index (χ0v) is 10.0. The largest absolute Gasteiger partial charge is 0.460 e. The topological polar surface area (TPSA) is 38.1 Å². The standard InChI is InChI=1S/C13H12N2OS/c1-2-4-13-10(3-1)5-11(16-13)6-14-7-12-8-15-9-17-12/h1-5,8-9,14H,6-7H2. The lowest BCUT2D eigenvalue weighted by Gasteiger charge is -1.98. The number of hydrogen-bond acceptors (Lipinski definition) is 4. The van der Waals surface area contributed by atoms with E-state index in [2.05, 4.69) is 22.4 Å². The highest BCUT2D eigenvalue weighted by Gasteiger charge is 2.02. The highest BCUT2D eigenvalue weighted by molar-refractivity contribution is 7.09. The Labute approximate surface area is 103 Å². The third-order valence-electron chi connectivity index (χ3n) is 2.56. The summed E-state index contributed by atoms with van der Waals surface area (Å²) in [6.07, 6.45) is 1.89. The van der Waals surface area contributed by atoms with Gasteiger partial charge in [-0.15, -0.1) is 11.3 Å². The number of nitrogens with zero attached hydrogens (tertiary/aromatic N) is 1. The number of nitrogens with one attached hydrogen (secondary N) is 1. The van der Waals surface area contributed by atoms with Crippen LogP contribution in [0.5, 0.6) is 0 Å². The third kappa shape index (κ3) is 2.38. The summed E-state index contributed by atoms with van der Waals surface area (Å²) in [5, 5.41) is 4.50. The number of thiazole rings is 1. The summed E-state index contributed by atoms with van der Waals surface area (Å²) < 4.78 is 5.71. The van der Waals surface area contributed by atoms with Crippen molar-refractivity contribution in [3.63, 3.8) is 0 Å². The van der Waals surface area contributed by atoms with Crippen LogP contribution in [0, 0.1) is 0 Å². The molecule has 0 bridgehead atoms. The second kappa shape index (κ2) is 4.69. The lowest BCUT2D eigenvalue weighted by molar-refractivity contribution is 0.514. The fraction of sp³-hybridized carbons (Fsp3) is 0.154. The Bertz CT molecular complexity index is 568. The van der Waals surface area contributed by atoms with Crippen LogP contribution in [0.2, 0.25) is 0 Å². The molecule has 0 atom stereocenters. The molecular weight excluding hydrogens is 232 g/mol. The fourth-order valence-electron chi connectivity index (χ4n) is 1.76. The average Bonchev–Trinajstić information content (AvgIpc) is 2.96. The normalized spacial score (nSPS) is 11.1. The molecule has 1 N–H and O–H groups in total. The molecular formula is C13H12N2OS. The van der Waals surface area contributed by atoms with Crippen LogP contribution >= 0.6 is 11.3 Å². The molecule has 2 heterocycles. The molecule has 0 aliphatic carbocycles. The molecule has 0 aliphatic heterocycles. The van der Waals surface area contributed by atoms with E-state index < -0.39 is 0 Å². The van der Waals surface area contributed by atoms with Crippen LogP contribution in [0.4, 0.5) is 0 Å². The highest BCUT2D eigenvalue weighted by atomic mass is 32.1. The lowest BCUT2D eigenvalue weighted by Crippen LogP contribution is -2.10. The predicted molar refractivity (Wildman–Crippen MR) is 68.9 cm³/mol. The molecule has 0 saturated carbocycles. The Balaban J connectivity index is 1.65. The molecule has 3 aromatic rings. The van der Waals surface area contributed by atoms with Crippen molar-refractivity contribution < 1.29 is 4.42 Å². The Morgan fingerprint density at radius 1 is 1.24 bits per heavy atom. The third-order valence-corrected chi connectivity index (χ3v) is 3.34. The number of rotatable bonds is 4. The maximum Gasteiger partial charge on any atom is 0.134 e. The van der Waals surface area contributed by atoms with Gasteiger partial charge in [0.15, 0.2) is 0 Å². The summed E-state index contributed by atoms with van der Waals surface area (Å²) in [7, 11) is 0. The first kappa shape index (κ1) is 10.5. The van der Waals surface area contributed by atoms with Crippen molar-refractivity contribution in [2.75, 3.05) is 0 Å². The summed E-state index contributed by atoms with van der Waals surface area (Å²) in [5.41, 5.74) is 2.79.